The molecular weight excluding hydrogens is 356 g/mol. The molecule has 8 heteroatoms. The van der Waals surface area contributed by atoms with Gasteiger partial charge in [-0.3, -0.25) is 4.79 Å². The summed E-state index contributed by atoms with van der Waals surface area (Å²) in [6, 6.07) is 6.24. The lowest BCUT2D eigenvalue weighted by Crippen LogP contribution is -2.42. The summed E-state index contributed by atoms with van der Waals surface area (Å²) in [5, 5.41) is 16.7. The van der Waals surface area contributed by atoms with Gasteiger partial charge in [0.25, 0.3) is 5.91 Å². The highest BCUT2D eigenvalue weighted by Gasteiger charge is 2.32. The van der Waals surface area contributed by atoms with Crippen LogP contribution in [0.2, 0.25) is 5.02 Å². The molecule has 2 N–H and O–H groups in total. The van der Waals surface area contributed by atoms with Gasteiger partial charge in [-0.05, 0) is 37.3 Å². The fraction of sp³-hybridized carbons (Fsp3) is 0.444. The van der Waals surface area contributed by atoms with Crippen molar-refractivity contribution in [1.82, 2.24) is 20.1 Å². The maximum absolute atomic E-state index is 12.5. The molecule has 26 heavy (non-hydrogen) atoms. The highest BCUT2D eigenvalue weighted by Crippen LogP contribution is 2.40. The monoisotopic (exact) mass is 376 g/mol. The van der Waals surface area contributed by atoms with Crippen LogP contribution in [0, 0.1) is 5.92 Å². The van der Waals surface area contributed by atoms with E-state index < -0.39 is 17.9 Å². The van der Waals surface area contributed by atoms with Crippen LogP contribution in [0.5, 0.6) is 0 Å². The van der Waals surface area contributed by atoms with Crippen LogP contribution in [0.1, 0.15) is 55.5 Å². The number of hydrogen-bond donors (Lipinski definition) is 2. The van der Waals surface area contributed by atoms with Crippen LogP contribution in [0.3, 0.4) is 0 Å². The maximum atomic E-state index is 12.5. The van der Waals surface area contributed by atoms with Gasteiger partial charge in [-0.1, -0.05) is 37.6 Å². The van der Waals surface area contributed by atoms with Crippen molar-refractivity contribution in [3.8, 4) is 5.69 Å². The number of halogens is 1. The molecular formula is C18H21ClN4O3. The Bertz CT molecular complexity index is 830. The van der Waals surface area contributed by atoms with Gasteiger partial charge in [0.2, 0.25) is 5.82 Å². The standard InChI is InChI=1S/C18H21ClN4O3/c1-10(2)9-13(18(25)26)20-17(24)15-21-16(11-7-8-11)23(22-15)14-6-4-3-5-12(14)19/h3-6,10-11,13H,7-9H2,1-2H3,(H,20,24)(H,25,26). The Morgan fingerprint density at radius 3 is 2.62 bits per heavy atom. The molecule has 0 radical (unpaired) electrons. The fourth-order valence-electron chi connectivity index (χ4n) is 2.74. The van der Waals surface area contributed by atoms with E-state index in [1.807, 2.05) is 32.0 Å². The third kappa shape index (κ3) is 4.04. The first-order chi connectivity index (χ1) is 12.4. The Morgan fingerprint density at radius 1 is 1.35 bits per heavy atom. The van der Waals surface area contributed by atoms with Crippen LogP contribution >= 0.6 is 11.6 Å². The number of carbonyl (C=O) groups excluding carboxylic acids is 1. The quantitative estimate of drug-likeness (QED) is 0.774. The Balaban J connectivity index is 1.89. The predicted molar refractivity (Wildman–Crippen MR) is 96.7 cm³/mol. The molecule has 1 fully saturated rings. The van der Waals surface area contributed by atoms with Crippen molar-refractivity contribution in [1.29, 1.82) is 0 Å². The summed E-state index contributed by atoms with van der Waals surface area (Å²) >= 11 is 6.26. The highest BCUT2D eigenvalue weighted by molar-refractivity contribution is 6.32. The largest absolute Gasteiger partial charge is 0.480 e. The zero-order valence-corrected chi connectivity index (χ0v) is 15.4. The average molecular weight is 377 g/mol. The van der Waals surface area contributed by atoms with Crippen LogP contribution in [-0.4, -0.2) is 37.8 Å². The van der Waals surface area contributed by atoms with Crippen molar-refractivity contribution < 1.29 is 14.7 Å². The molecule has 1 unspecified atom stereocenters. The zero-order valence-electron chi connectivity index (χ0n) is 14.6. The minimum absolute atomic E-state index is 0.0400. The molecule has 1 saturated carbocycles. The molecule has 0 saturated heterocycles. The van der Waals surface area contributed by atoms with Gasteiger partial charge in [0.15, 0.2) is 0 Å². The molecule has 1 amide bonds. The molecule has 2 aromatic rings. The first kappa shape index (κ1) is 18.4. The van der Waals surface area contributed by atoms with Gasteiger partial charge in [0.1, 0.15) is 11.9 Å². The molecule has 1 aliphatic carbocycles. The third-order valence-corrected chi connectivity index (χ3v) is 4.49. The first-order valence-electron chi connectivity index (χ1n) is 8.62. The summed E-state index contributed by atoms with van der Waals surface area (Å²) in [5.74, 6) is -0.648. The van der Waals surface area contributed by atoms with Gasteiger partial charge < -0.3 is 10.4 Å². The normalized spacial score (nSPS) is 15.1. The number of nitrogens with one attached hydrogen (secondary N) is 1. The van der Waals surface area contributed by atoms with Gasteiger partial charge in [-0.25, -0.2) is 14.5 Å². The summed E-state index contributed by atoms with van der Waals surface area (Å²) in [6.45, 7) is 3.80. The first-order valence-corrected chi connectivity index (χ1v) is 9.00. The van der Waals surface area contributed by atoms with Crippen molar-refractivity contribution in [2.45, 2.75) is 45.1 Å². The zero-order chi connectivity index (χ0) is 18.8. The number of nitrogens with zero attached hydrogens (tertiary/aromatic N) is 3. The predicted octanol–water partition coefficient (Wildman–Crippen LogP) is 3.03. The molecule has 0 spiro atoms. The topological polar surface area (TPSA) is 97.1 Å². The number of aliphatic carboxylic acids is 1. The lowest BCUT2D eigenvalue weighted by Gasteiger charge is -2.15. The van der Waals surface area contributed by atoms with E-state index >= 15 is 0 Å². The van der Waals surface area contributed by atoms with E-state index in [2.05, 4.69) is 15.4 Å². The van der Waals surface area contributed by atoms with Gasteiger partial charge in [-0.15, -0.1) is 5.10 Å². The van der Waals surface area contributed by atoms with Crippen molar-refractivity contribution in [2.24, 2.45) is 5.92 Å². The summed E-state index contributed by atoms with van der Waals surface area (Å²) in [7, 11) is 0. The van der Waals surface area contributed by atoms with Crippen LogP contribution in [0.4, 0.5) is 0 Å². The Hall–Kier alpha value is -2.41. The molecule has 1 aromatic heterocycles. The van der Waals surface area contributed by atoms with E-state index in [4.69, 9.17) is 11.6 Å². The van der Waals surface area contributed by atoms with Crippen LogP contribution < -0.4 is 5.32 Å². The summed E-state index contributed by atoms with van der Waals surface area (Å²) < 4.78 is 1.59. The second-order valence-corrected chi connectivity index (χ2v) is 7.33. The van der Waals surface area contributed by atoms with Crippen molar-refractivity contribution in [3.63, 3.8) is 0 Å². The Morgan fingerprint density at radius 2 is 2.04 bits per heavy atom. The van der Waals surface area contributed by atoms with Crippen molar-refractivity contribution in [2.75, 3.05) is 0 Å². The second-order valence-electron chi connectivity index (χ2n) is 6.92. The lowest BCUT2D eigenvalue weighted by molar-refractivity contribution is -0.139. The van der Waals surface area contributed by atoms with E-state index in [0.29, 0.717) is 23.0 Å². The smallest absolute Gasteiger partial charge is 0.326 e. The number of amides is 1. The van der Waals surface area contributed by atoms with Crippen LogP contribution in [-0.2, 0) is 4.79 Å². The minimum atomic E-state index is -1.07. The Kier molecular flexibility index (Phi) is 5.27. The van der Waals surface area contributed by atoms with E-state index in [1.54, 1.807) is 10.7 Å². The van der Waals surface area contributed by atoms with E-state index in [1.165, 1.54) is 0 Å². The summed E-state index contributed by atoms with van der Waals surface area (Å²) in [4.78, 5) is 28.3. The van der Waals surface area contributed by atoms with Gasteiger partial charge in [-0.2, -0.15) is 0 Å². The maximum Gasteiger partial charge on any atom is 0.326 e. The lowest BCUT2D eigenvalue weighted by atomic mass is 10.0. The number of hydrogen-bond acceptors (Lipinski definition) is 4. The average Bonchev–Trinajstić information content (AvgIpc) is 3.33. The molecule has 1 aromatic carbocycles. The molecule has 0 aliphatic heterocycles. The number of carboxylic acid groups (broad SMARTS) is 1. The van der Waals surface area contributed by atoms with Gasteiger partial charge in [0.05, 0.1) is 10.7 Å². The van der Waals surface area contributed by atoms with Gasteiger partial charge in [0, 0.05) is 5.92 Å². The number of aromatic nitrogens is 3. The van der Waals surface area contributed by atoms with Crippen molar-refractivity contribution >= 4 is 23.5 Å². The molecule has 138 valence electrons. The van der Waals surface area contributed by atoms with Crippen LogP contribution in [0.15, 0.2) is 24.3 Å². The summed E-state index contributed by atoms with van der Waals surface area (Å²) in [6.07, 6.45) is 2.30. The molecule has 1 atom stereocenters. The molecule has 1 heterocycles. The molecule has 0 bridgehead atoms. The fourth-order valence-corrected chi connectivity index (χ4v) is 2.96. The number of benzene rings is 1. The number of para-hydroxylation sites is 1. The van der Waals surface area contributed by atoms with E-state index in [-0.39, 0.29) is 17.7 Å². The van der Waals surface area contributed by atoms with Gasteiger partial charge >= 0.3 is 5.97 Å². The molecule has 3 rings (SSSR count). The highest BCUT2D eigenvalue weighted by atomic mass is 35.5. The molecule has 7 nitrogen and oxygen atoms in total. The Labute approximate surface area is 156 Å². The number of rotatable bonds is 7. The van der Waals surface area contributed by atoms with E-state index in [0.717, 1.165) is 12.8 Å². The second kappa shape index (κ2) is 7.45. The minimum Gasteiger partial charge on any atom is -0.480 e. The SMILES string of the molecule is CC(C)CC(NC(=O)c1nc(C2CC2)n(-c2ccccc2Cl)n1)C(=O)O. The van der Waals surface area contributed by atoms with Crippen molar-refractivity contribution in [3.05, 3.63) is 40.9 Å². The molecule has 1 aliphatic rings. The third-order valence-electron chi connectivity index (χ3n) is 4.17. The van der Waals surface area contributed by atoms with E-state index in [9.17, 15) is 14.7 Å². The summed E-state index contributed by atoms with van der Waals surface area (Å²) in [5.41, 5.74) is 0.652. The number of carbonyl (C=O) groups is 2. The number of carboxylic acids is 1. The van der Waals surface area contributed by atoms with Crippen LogP contribution in [0.25, 0.3) is 5.69 Å².